The van der Waals surface area contributed by atoms with Crippen LogP contribution in [0.15, 0.2) is 63.8 Å². The molecular weight excluding hydrogens is 294 g/mol. The van der Waals surface area contributed by atoms with Gasteiger partial charge in [-0.3, -0.25) is 4.79 Å². The van der Waals surface area contributed by atoms with Crippen molar-refractivity contribution in [2.75, 3.05) is 11.9 Å². The highest BCUT2D eigenvalue weighted by molar-refractivity contribution is 5.92. The Morgan fingerprint density at radius 3 is 2.65 bits per heavy atom. The average Bonchev–Trinajstić information content (AvgIpc) is 2.54. The van der Waals surface area contributed by atoms with Gasteiger partial charge in [-0.25, -0.2) is 4.79 Å². The molecular formula is C18H15NO4. The molecule has 0 aliphatic carbocycles. The Morgan fingerprint density at radius 2 is 1.87 bits per heavy atom. The highest BCUT2D eigenvalue weighted by Crippen LogP contribution is 2.23. The maximum Gasteiger partial charge on any atom is 0.339 e. The highest BCUT2D eigenvalue weighted by Gasteiger charge is 2.09. The van der Waals surface area contributed by atoms with Crippen LogP contribution in [-0.2, 0) is 4.79 Å². The van der Waals surface area contributed by atoms with Gasteiger partial charge in [-0.1, -0.05) is 29.8 Å². The van der Waals surface area contributed by atoms with E-state index >= 15 is 0 Å². The molecule has 1 amide bonds. The summed E-state index contributed by atoms with van der Waals surface area (Å²) in [6.45, 7) is 1.78. The summed E-state index contributed by atoms with van der Waals surface area (Å²) in [7, 11) is 0. The molecule has 0 saturated heterocycles. The van der Waals surface area contributed by atoms with Crippen LogP contribution in [0.1, 0.15) is 5.56 Å². The zero-order valence-electron chi connectivity index (χ0n) is 12.5. The van der Waals surface area contributed by atoms with Crippen LogP contribution in [0.3, 0.4) is 0 Å². The van der Waals surface area contributed by atoms with Gasteiger partial charge in [-0.05, 0) is 31.2 Å². The summed E-state index contributed by atoms with van der Waals surface area (Å²) >= 11 is 0. The molecule has 0 spiro atoms. The third-order valence-electron chi connectivity index (χ3n) is 3.31. The smallest absolute Gasteiger partial charge is 0.339 e. The van der Waals surface area contributed by atoms with Crippen LogP contribution in [0.4, 0.5) is 5.69 Å². The number of aryl methyl sites for hydroxylation is 1. The van der Waals surface area contributed by atoms with E-state index in [1.54, 1.807) is 18.2 Å². The molecule has 5 nitrogen and oxygen atoms in total. The van der Waals surface area contributed by atoms with E-state index in [1.807, 2.05) is 37.3 Å². The van der Waals surface area contributed by atoms with E-state index in [2.05, 4.69) is 5.32 Å². The number of ether oxygens (including phenoxy) is 1. The second-order valence-electron chi connectivity index (χ2n) is 5.13. The predicted molar refractivity (Wildman–Crippen MR) is 87.8 cm³/mol. The molecule has 0 radical (unpaired) electrons. The summed E-state index contributed by atoms with van der Waals surface area (Å²) in [4.78, 5) is 23.5. The molecule has 0 bridgehead atoms. The van der Waals surface area contributed by atoms with Gasteiger partial charge in [0.05, 0.1) is 11.5 Å². The summed E-state index contributed by atoms with van der Waals surface area (Å²) in [5, 5.41) is 3.38. The van der Waals surface area contributed by atoms with Crippen LogP contribution in [0.5, 0.6) is 5.75 Å². The predicted octanol–water partition coefficient (Wildman–Crippen LogP) is 3.12. The zero-order valence-corrected chi connectivity index (χ0v) is 12.5. The van der Waals surface area contributed by atoms with E-state index in [-0.39, 0.29) is 12.5 Å². The largest absolute Gasteiger partial charge is 0.483 e. The number of amides is 1. The first kappa shape index (κ1) is 14.8. The minimum absolute atomic E-state index is 0.193. The zero-order chi connectivity index (χ0) is 16.2. The number of hydrogen-bond donors (Lipinski definition) is 1. The van der Waals surface area contributed by atoms with Crippen LogP contribution < -0.4 is 15.7 Å². The van der Waals surface area contributed by atoms with Crippen molar-refractivity contribution >= 4 is 22.6 Å². The van der Waals surface area contributed by atoms with E-state index in [9.17, 15) is 9.59 Å². The van der Waals surface area contributed by atoms with Gasteiger partial charge in [0.25, 0.3) is 5.91 Å². The number of hydrogen-bond acceptors (Lipinski definition) is 4. The topological polar surface area (TPSA) is 68.5 Å². The van der Waals surface area contributed by atoms with Crippen molar-refractivity contribution in [3.8, 4) is 5.75 Å². The Bertz CT molecular complexity index is 897. The standard InChI is InChI=1S/C18H15NO4/c1-12-6-8-13(9-7-12)19-17(20)11-22-16-10-18(21)23-15-5-3-2-4-14(15)16/h2-10H,11H2,1H3,(H,19,20). The summed E-state index contributed by atoms with van der Waals surface area (Å²) in [5.41, 5.74) is 1.72. The number of carbonyl (C=O) groups excluding carboxylic acids is 1. The molecule has 0 atom stereocenters. The molecule has 5 heteroatoms. The Balaban J connectivity index is 1.72. The fourth-order valence-corrected chi connectivity index (χ4v) is 2.18. The van der Waals surface area contributed by atoms with Gasteiger partial charge in [0.15, 0.2) is 6.61 Å². The van der Waals surface area contributed by atoms with Gasteiger partial charge >= 0.3 is 5.63 Å². The molecule has 1 N–H and O–H groups in total. The van der Waals surface area contributed by atoms with Crippen molar-refractivity contribution in [2.45, 2.75) is 6.92 Å². The summed E-state index contributed by atoms with van der Waals surface area (Å²) < 4.78 is 10.6. The highest BCUT2D eigenvalue weighted by atomic mass is 16.5. The number of nitrogens with one attached hydrogen (secondary N) is 1. The molecule has 23 heavy (non-hydrogen) atoms. The van der Waals surface area contributed by atoms with E-state index in [0.717, 1.165) is 5.56 Å². The number of carbonyl (C=O) groups is 1. The summed E-state index contributed by atoms with van der Waals surface area (Å²) in [5.74, 6) is 0.0297. The molecule has 3 rings (SSSR count). The molecule has 1 aromatic heterocycles. The van der Waals surface area contributed by atoms with Crippen LogP contribution in [0, 0.1) is 6.92 Å². The lowest BCUT2D eigenvalue weighted by atomic mass is 10.2. The molecule has 0 aliphatic heterocycles. The second-order valence-corrected chi connectivity index (χ2v) is 5.13. The molecule has 0 unspecified atom stereocenters. The number of fused-ring (bicyclic) bond motifs is 1. The maximum absolute atomic E-state index is 12.0. The Morgan fingerprint density at radius 1 is 1.13 bits per heavy atom. The molecule has 0 aliphatic rings. The molecule has 0 fully saturated rings. The van der Waals surface area contributed by atoms with Crippen LogP contribution >= 0.6 is 0 Å². The molecule has 1 heterocycles. The van der Waals surface area contributed by atoms with Crippen LogP contribution in [-0.4, -0.2) is 12.5 Å². The molecule has 116 valence electrons. The van der Waals surface area contributed by atoms with Gasteiger partial charge in [0.1, 0.15) is 11.3 Å². The van der Waals surface area contributed by atoms with E-state index < -0.39 is 5.63 Å². The van der Waals surface area contributed by atoms with Crippen molar-refractivity contribution in [3.05, 3.63) is 70.6 Å². The Labute approximate surface area is 132 Å². The lowest BCUT2D eigenvalue weighted by molar-refractivity contribution is -0.118. The molecule has 3 aromatic rings. The first-order chi connectivity index (χ1) is 11.1. The fourth-order valence-electron chi connectivity index (χ4n) is 2.18. The van der Waals surface area contributed by atoms with Gasteiger partial charge < -0.3 is 14.5 Å². The van der Waals surface area contributed by atoms with Crippen molar-refractivity contribution in [1.82, 2.24) is 0 Å². The molecule has 0 saturated carbocycles. The van der Waals surface area contributed by atoms with Gasteiger partial charge in [0, 0.05) is 5.69 Å². The molecule has 2 aromatic carbocycles. The Kier molecular flexibility index (Phi) is 4.10. The lowest BCUT2D eigenvalue weighted by Crippen LogP contribution is -2.20. The third-order valence-corrected chi connectivity index (χ3v) is 3.31. The van der Waals surface area contributed by atoms with E-state index in [0.29, 0.717) is 22.4 Å². The third kappa shape index (κ3) is 3.58. The normalized spacial score (nSPS) is 10.5. The van der Waals surface area contributed by atoms with Crippen molar-refractivity contribution in [3.63, 3.8) is 0 Å². The average molecular weight is 309 g/mol. The maximum atomic E-state index is 12.0. The summed E-state index contributed by atoms with van der Waals surface area (Å²) in [6.07, 6.45) is 0. The minimum atomic E-state index is -0.516. The minimum Gasteiger partial charge on any atom is -0.483 e. The first-order valence-corrected chi connectivity index (χ1v) is 7.14. The van der Waals surface area contributed by atoms with E-state index in [1.165, 1.54) is 6.07 Å². The van der Waals surface area contributed by atoms with E-state index in [4.69, 9.17) is 9.15 Å². The second kappa shape index (κ2) is 6.36. The van der Waals surface area contributed by atoms with Crippen molar-refractivity contribution < 1.29 is 13.9 Å². The summed E-state index contributed by atoms with van der Waals surface area (Å²) in [6, 6.07) is 15.7. The number of anilines is 1. The number of para-hydroxylation sites is 1. The SMILES string of the molecule is Cc1ccc(NC(=O)COc2cc(=O)oc3ccccc23)cc1. The van der Waals surface area contributed by atoms with Gasteiger partial charge in [0.2, 0.25) is 0 Å². The van der Waals surface area contributed by atoms with Crippen molar-refractivity contribution in [2.24, 2.45) is 0 Å². The fraction of sp³-hybridized carbons (Fsp3) is 0.111. The number of rotatable bonds is 4. The quantitative estimate of drug-likeness (QED) is 0.752. The van der Waals surface area contributed by atoms with Gasteiger partial charge in [-0.15, -0.1) is 0 Å². The first-order valence-electron chi connectivity index (χ1n) is 7.14. The van der Waals surface area contributed by atoms with Crippen LogP contribution in [0.25, 0.3) is 11.0 Å². The van der Waals surface area contributed by atoms with Crippen LogP contribution in [0.2, 0.25) is 0 Å². The number of benzene rings is 2. The monoisotopic (exact) mass is 309 g/mol. The van der Waals surface area contributed by atoms with Crippen molar-refractivity contribution in [1.29, 1.82) is 0 Å². The Hall–Kier alpha value is -3.08. The van der Waals surface area contributed by atoms with Gasteiger partial charge in [-0.2, -0.15) is 0 Å². The lowest BCUT2D eigenvalue weighted by Gasteiger charge is -2.09.